The van der Waals surface area contributed by atoms with Crippen LogP contribution in [0, 0.1) is 13.8 Å². The number of ether oxygens (including phenoxy) is 1. The largest absolute Gasteiger partial charge is 0.489 e. The number of benzene rings is 3. The van der Waals surface area contributed by atoms with E-state index in [1.165, 1.54) is 22.7 Å². The molecule has 0 radical (unpaired) electrons. The Kier molecular flexibility index (Phi) is 6.19. The van der Waals surface area contributed by atoms with E-state index < -0.39 is 5.97 Å². The van der Waals surface area contributed by atoms with E-state index in [4.69, 9.17) is 21.3 Å². The molecule has 3 aromatic carbocycles. The lowest BCUT2D eigenvalue weighted by atomic mass is 10.1. The third-order valence-corrected chi connectivity index (χ3v) is 5.99. The van der Waals surface area contributed by atoms with Crippen LogP contribution in [0.2, 0.25) is 5.02 Å². The van der Waals surface area contributed by atoms with Gasteiger partial charge in [-0.2, -0.15) is 0 Å². The van der Waals surface area contributed by atoms with E-state index in [0.29, 0.717) is 11.3 Å². The molecule has 0 aliphatic carbocycles. The zero-order valence-corrected chi connectivity index (χ0v) is 19.1. The number of imidazole rings is 1. The molecule has 1 N–H and O–H groups in total. The first-order valence-corrected chi connectivity index (χ1v) is 10.9. The molecule has 4 aromatic rings. The van der Waals surface area contributed by atoms with Crippen LogP contribution in [0.4, 0.5) is 0 Å². The maximum atomic E-state index is 11.2. The van der Waals surface area contributed by atoms with Gasteiger partial charge < -0.3 is 14.4 Å². The number of hydrogen-bond donors (Lipinski definition) is 1. The summed E-state index contributed by atoms with van der Waals surface area (Å²) in [6.45, 7) is 7.29. The fourth-order valence-corrected chi connectivity index (χ4v) is 4.30. The van der Waals surface area contributed by atoms with Crippen LogP contribution in [0.3, 0.4) is 0 Å². The topological polar surface area (TPSA) is 64.4 Å². The molecule has 0 fully saturated rings. The van der Waals surface area contributed by atoms with Crippen molar-refractivity contribution in [2.24, 2.45) is 0 Å². The van der Waals surface area contributed by atoms with Gasteiger partial charge in [-0.25, -0.2) is 9.78 Å². The Morgan fingerprint density at radius 2 is 1.88 bits per heavy atom. The summed E-state index contributed by atoms with van der Waals surface area (Å²) in [4.78, 5) is 16.1. The smallest absolute Gasteiger partial charge is 0.337 e. The Bertz CT molecular complexity index is 1290. The van der Waals surface area contributed by atoms with Crippen LogP contribution >= 0.6 is 11.6 Å². The number of nitrogens with zero attached hydrogens (tertiary/aromatic N) is 2. The Balaban J connectivity index is 1.52. The molecule has 4 rings (SSSR count). The quantitative estimate of drug-likeness (QED) is 0.366. The summed E-state index contributed by atoms with van der Waals surface area (Å²) < 4.78 is 8.14. The number of aromatic nitrogens is 2. The highest BCUT2D eigenvalue weighted by Gasteiger charge is 2.14. The molecule has 0 saturated heterocycles. The maximum Gasteiger partial charge on any atom is 0.337 e. The number of carboxylic acids is 1. The molecule has 0 atom stereocenters. The van der Waals surface area contributed by atoms with Gasteiger partial charge in [-0.3, -0.25) is 0 Å². The van der Waals surface area contributed by atoms with E-state index >= 15 is 0 Å². The lowest BCUT2D eigenvalue weighted by Crippen LogP contribution is -2.05. The number of halogens is 1. The molecule has 0 saturated carbocycles. The minimum Gasteiger partial charge on any atom is -0.489 e. The summed E-state index contributed by atoms with van der Waals surface area (Å²) in [7, 11) is 0. The summed E-state index contributed by atoms with van der Waals surface area (Å²) in [5.41, 5.74) is 6.54. The van der Waals surface area contributed by atoms with Gasteiger partial charge in [0.1, 0.15) is 18.2 Å². The van der Waals surface area contributed by atoms with E-state index in [2.05, 4.69) is 37.5 Å². The van der Waals surface area contributed by atoms with Crippen molar-refractivity contribution in [1.29, 1.82) is 0 Å². The van der Waals surface area contributed by atoms with E-state index in [-0.39, 0.29) is 17.2 Å². The van der Waals surface area contributed by atoms with Crippen LogP contribution < -0.4 is 4.74 Å². The first-order valence-electron chi connectivity index (χ1n) is 10.6. The van der Waals surface area contributed by atoms with Gasteiger partial charge in [0.2, 0.25) is 0 Å². The van der Waals surface area contributed by atoms with E-state index in [9.17, 15) is 9.90 Å². The van der Waals surface area contributed by atoms with Crippen molar-refractivity contribution in [2.45, 2.75) is 40.3 Å². The van der Waals surface area contributed by atoms with Crippen LogP contribution in [0.15, 0.2) is 54.6 Å². The van der Waals surface area contributed by atoms with Gasteiger partial charge in [-0.15, -0.1) is 0 Å². The SMILES string of the molecule is CCc1nc2cc(C)cc(C)c2n1Cc1ccc(OCc2cccc(C(=O)O)c2Cl)cc1. The van der Waals surface area contributed by atoms with Crippen molar-refractivity contribution >= 4 is 28.6 Å². The molecule has 164 valence electrons. The number of aryl methyl sites for hydroxylation is 3. The number of carbonyl (C=O) groups is 1. The molecule has 0 amide bonds. The first kappa shape index (κ1) is 21.9. The molecule has 32 heavy (non-hydrogen) atoms. The Hall–Kier alpha value is -3.31. The summed E-state index contributed by atoms with van der Waals surface area (Å²) in [6.07, 6.45) is 0.866. The minimum absolute atomic E-state index is 0.0767. The standard InChI is InChI=1S/C26H25ClN2O3/c1-4-23-28-22-13-16(2)12-17(3)25(22)29(23)14-18-8-10-20(11-9-18)32-15-19-6-5-7-21(24(19)27)26(30)31/h5-13H,4,14-15H2,1-3H3,(H,30,31). The van der Waals surface area contributed by atoms with Crippen molar-refractivity contribution in [2.75, 3.05) is 0 Å². The highest BCUT2D eigenvalue weighted by molar-refractivity contribution is 6.34. The van der Waals surface area contributed by atoms with Crippen LogP contribution in [-0.4, -0.2) is 20.6 Å². The monoisotopic (exact) mass is 448 g/mol. The summed E-state index contributed by atoms with van der Waals surface area (Å²) in [6, 6.07) is 17.2. The number of rotatable bonds is 7. The average molecular weight is 449 g/mol. The lowest BCUT2D eigenvalue weighted by molar-refractivity contribution is 0.0697. The molecule has 1 aromatic heterocycles. The predicted molar refractivity (Wildman–Crippen MR) is 127 cm³/mol. The van der Waals surface area contributed by atoms with Crippen LogP contribution in [0.1, 0.15) is 45.4 Å². The number of carboxylic acid groups (broad SMARTS) is 1. The van der Waals surface area contributed by atoms with Gasteiger partial charge >= 0.3 is 5.97 Å². The zero-order valence-electron chi connectivity index (χ0n) is 18.4. The predicted octanol–water partition coefficient (Wildman–Crippen LogP) is 6.19. The van der Waals surface area contributed by atoms with E-state index in [1.807, 2.05) is 24.3 Å². The Morgan fingerprint density at radius 3 is 2.56 bits per heavy atom. The molecular formula is C26H25ClN2O3. The van der Waals surface area contributed by atoms with E-state index in [1.54, 1.807) is 12.1 Å². The van der Waals surface area contributed by atoms with Gasteiger partial charge in [0.25, 0.3) is 0 Å². The van der Waals surface area contributed by atoms with Crippen LogP contribution in [0.5, 0.6) is 5.75 Å². The highest BCUT2D eigenvalue weighted by atomic mass is 35.5. The second-order valence-electron chi connectivity index (χ2n) is 7.93. The average Bonchev–Trinajstić information content (AvgIpc) is 3.11. The van der Waals surface area contributed by atoms with Gasteiger partial charge in [-0.05, 0) is 54.8 Å². The van der Waals surface area contributed by atoms with Crippen molar-refractivity contribution in [3.05, 3.63) is 93.3 Å². The molecule has 0 unspecified atom stereocenters. The molecule has 0 spiro atoms. The molecule has 0 bridgehead atoms. The maximum absolute atomic E-state index is 11.2. The van der Waals surface area contributed by atoms with E-state index in [0.717, 1.165) is 29.9 Å². The van der Waals surface area contributed by atoms with Gasteiger partial charge in [0.05, 0.1) is 21.6 Å². The minimum atomic E-state index is -1.05. The first-order chi connectivity index (χ1) is 15.4. The second kappa shape index (κ2) is 9.05. The molecule has 0 aliphatic rings. The van der Waals surface area contributed by atoms with Crippen molar-refractivity contribution < 1.29 is 14.6 Å². The number of hydrogen-bond acceptors (Lipinski definition) is 3. The van der Waals surface area contributed by atoms with Gasteiger partial charge in [0, 0.05) is 18.5 Å². The fraction of sp³-hybridized carbons (Fsp3) is 0.231. The number of aromatic carboxylic acids is 1. The molecule has 0 aliphatic heterocycles. The molecular weight excluding hydrogens is 424 g/mol. The summed E-state index contributed by atoms with van der Waals surface area (Å²) in [5.74, 6) is 0.718. The Morgan fingerprint density at radius 1 is 1.12 bits per heavy atom. The van der Waals surface area contributed by atoms with Crippen LogP contribution in [-0.2, 0) is 19.6 Å². The normalized spacial score (nSPS) is 11.1. The third-order valence-electron chi connectivity index (χ3n) is 5.54. The van der Waals surface area contributed by atoms with Gasteiger partial charge in [0.15, 0.2) is 0 Å². The molecule has 1 heterocycles. The summed E-state index contributed by atoms with van der Waals surface area (Å²) in [5, 5.41) is 9.42. The van der Waals surface area contributed by atoms with Gasteiger partial charge in [-0.1, -0.05) is 48.9 Å². The third kappa shape index (κ3) is 4.34. The molecule has 5 nitrogen and oxygen atoms in total. The lowest BCUT2D eigenvalue weighted by Gasteiger charge is -2.12. The van der Waals surface area contributed by atoms with Crippen molar-refractivity contribution in [3.63, 3.8) is 0 Å². The number of fused-ring (bicyclic) bond motifs is 1. The second-order valence-corrected chi connectivity index (χ2v) is 8.31. The van der Waals surface area contributed by atoms with Crippen molar-refractivity contribution in [3.8, 4) is 5.75 Å². The molecule has 6 heteroatoms. The summed E-state index contributed by atoms with van der Waals surface area (Å²) >= 11 is 6.20. The van der Waals surface area contributed by atoms with Crippen molar-refractivity contribution in [1.82, 2.24) is 9.55 Å². The highest BCUT2D eigenvalue weighted by Crippen LogP contribution is 2.26. The zero-order chi connectivity index (χ0) is 22.8. The Labute approximate surface area is 192 Å². The van der Waals surface area contributed by atoms with Crippen LogP contribution in [0.25, 0.3) is 11.0 Å². The fourth-order valence-electron chi connectivity index (χ4n) is 4.03.